The number of hydrogen-bond acceptors (Lipinski definition) is 5. The van der Waals surface area contributed by atoms with Gasteiger partial charge in [0.1, 0.15) is 17.9 Å². The summed E-state index contributed by atoms with van der Waals surface area (Å²) in [6, 6.07) is 23.7. The lowest BCUT2D eigenvalue weighted by atomic mass is 9.96. The Morgan fingerprint density at radius 1 is 0.914 bits per heavy atom. The highest BCUT2D eigenvalue weighted by molar-refractivity contribution is 6.06. The van der Waals surface area contributed by atoms with E-state index >= 15 is 0 Å². The average molecular weight is 460 g/mol. The topological polar surface area (TPSA) is 85.7 Å². The Morgan fingerprint density at radius 3 is 2.49 bits per heavy atom. The molecule has 3 heterocycles. The molecule has 0 fully saturated rings. The van der Waals surface area contributed by atoms with Crippen LogP contribution in [0.2, 0.25) is 0 Å². The van der Waals surface area contributed by atoms with Crippen LogP contribution >= 0.6 is 0 Å². The lowest BCUT2D eigenvalue weighted by molar-refractivity contribution is 0.414. The minimum absolute atomic E-state index is 0.168. The molecule has 0 radical (unpaired) electrons. The second-order valence-electron chi connectivity index (χ2n) is 8.27. The van der Waals surface area contributed by atoms with Gasteiger partial charge in [0.15, 0.2) is 0 Å². The van der Waals surface area contributed by atoms with Crippen molar-refractivity contribution in [2.75, 3.05) is 7.11 Å². The normalized spacial score (nSPS) is 11.2. The van der Waals surface area contributed by atoms with Gasteiger partial charge in [0.05, 0.1) is 35.5 Å². The van der Waals surface area contributed by atoms with Crippen LogP contribution in [0.25, 0.3) is 38.8 Å². The van der Waals surface area contributed by atoms with Crippen LogP contribution in [-0.2, 0) is 6.42 Å². The average Bonchev–Trinajstić information content (AvgIpc) is 3.40. The molecule has 0 aliphatic carbocycles. The molecule has 0 bridgehead atoms. The molecule has 6 aromatic rings. The molecular formula is C28H21N5O2. The van der Waals surface area contributed by atoms with Crippen LogP contribution in [0.15, 0.2) is 96.3 Å². The van der Waals surface area contributed by atoms with Crippen molar-refractivity contribution in [1.29, 1.82) is 0 Å². The van der Waals surface area contributed by atoms with Crippen LogP contribution in [-0.4, -0.2) is 31.8 Å². The molecular weight excluding hydrogens is 438 g/mol. The van der Waals surface area contributed by atoms with Gasteiger partial charge in [-0.05, 0) is 53.3 Å². The zero-order chi connectivity index (χ0) is 23.8. The molecule has 0 atom stereocenters. The summed E-state index contributed by atoms with van der Waals surface area (Å²) < 4.78 is 6.79. The molecule has 35 heavy (non-hydrogen) atoms. The number of methoxy groups -OCH3 is 1. The van der Waals surface area contributed by atoms with E-state index in [0.717, 1.165) is 38.9 Å². The number of nitrogens with one attached hydrogen (secondary N) is 1. The number of H-pyrrole nitrogens is 1. The fraction of sp³-hybridized carbons (Fsp3) is 0.0714. The smallest absolute Gasteiger partial charge is 0.267 e. The second kappa shape index (κ2) is 8.53. The first-order chi connectivity index (χ1) is 17.2. The highest BCUT2D eigenvalue weighted by Gasteiger charge is 2.16. The molecule has 0 amide bonds. The first-order valence-electron chi connectivity index (χ1n) is 11.2. The predicted molar refractivity (Wildman–Crippen MR) is 136 cm³/mol. The third-order valence-corrected chi connectivity index (χ3v) is 6.21. The molecule has 0 saturated carbocycles. The van der Waals surface area contributed by atoms with Crippen LogP contribution in [0.5, 0.6) is 5.75 Å². The van der Waals surface area contributed by atoms with Gasteiger partial charge in [-0.3, -0.25) is 19.4 Å². The highest BCUT2D eigenvalue weighted by Crippen LogP contribution is 2.29. The van der Waals surface area contributed by atoms with Crippen LogP contribution in [0.4, 0.5) is 0 Å². The molecule has 0 saturated heterocycles. The molecule has 1 N–H and O–H groups in total. The Kier molecular flexibility index (Phi) is 5.07. The summed E-state index contributed by atoms with van der Waals surface area (Å²) in [6.07, 6.45) is 5.62. The number of pyridine rings is 1. The Morgan fingerprint density at radius 2 is 1.71 bits per heavy atom. The lowest BCUT2D eigenvalue weighted by Crippen LogP contribution is -2.20. The minimum atomic E-state index is -0.168. The van der Waals surface area contributed by atoms with Crippen molar-refractivity contribution >= 4 is 21.7 Å². The summed E-state index contributed by atoms with van der Waals surface area (Å²) in [5.41, 5.74) is 4.16. The SMILES string of the molecule is COc1ccc(Cc2cc3c(=O)n(-c4[nH]ncc4-c4ccccn4)cnc3c3ccccc23)cc1. The highest BCUT2D eigenvalue weighted by atomic mass is 16.5. The fourth-order valence-electron chi connectivity index (χ4n) is 4.48. The maximum atomic E-state index is 13.8. The van der Waals surface area contributed by atoms with Crippen molar-refractivity contribution < 1.29 is 4.74 Å². The third kappa shape index (κ3) is 3.63. The van der Waals surface area contributed by atoms with Crippen LogP contribution < -0.4 is 10.3 Å². The Labute approximate surface area is 200 Å². The van der Waals surface area contributed by atoms with E-state index in [4.69, 9.17) is 9.72 Å². The van der Waals surface area contributed by atoms with E-state index in [9.17, 15) is 4.79 Å². The first-order valence-corrected chi connectivity index (χ1v) is 11.2. The van der Waals surface area contributed by atoms with Gasteiger partial charge < -0.3 is 4.74 Å². The number of hydrogen-bond donors (Lipinski definition) is 1. The van der Waals surface area contributed by atoms with Crippen molar-refractivity contribution in [2.45, 2.75) is 6.42 Å². The molecule has 3 aromatic heterocycles. The molecule has 170 valence electrons. The van der Waals surface area contributed by atoms with Gasteiger partial charge in [0.2, 0.25) is 0 Å². The van der Waals surface area contributed by atoms with Gasteiger partial charge in [0.25, 0.3) is 5.56 Å². The summed E-state index contributed by atoms with van der Waals surface area (Å²) in [6.45, 7) is 0. The molecule has 0 aliphatic heterocycles. The number of benzene rings is 3. The molecule has 7 heteroatoms. The summed E-state index contributed by atoms with van der Waals surface area (Å²) in [4.78, 5) is 22.9. The summed E-state index contributed by atoms with van der Waals surface area (Å²) in [5.74, 6) is 1.35. The van der Waals surface area contributed by atoms with Crippen LogP contribution in [0.1, 0.15) is 11.1 Å². The van der Waals surface area contributed by atoms with Gasteiger partial charge >= 0.3 is 0 Å². The van der Waals surface area contributed by atoms with Gasteiger partial charge in [-0.15, -0.1) is 0 Å². The number of rotatable bonds is 5. The second-order valence-corrected chi connectivity index (χ2v) is 8.27. The number of aromatic nitrogens is 5. The van der Waals surface area contributed by atoms with Crippen molar-refractivity contribution in [3.05, 3.63) is 113 Å². The van der Waals surface area contributed by atoms with Crippen molar-refractivity contribution in [1.82, 2.24) is 24.7 Å². The Bertz CT molecular complexity index is 1720. The molecule has 7 nitrogen and oxygen atoms in total. The number of aromatic amines is 1. The summed E-state index contributed by atoms with van der Waals surface area (Å²) in [5, 5.41) is 9.70. The third-order valence-electron chi connectivity index (χ3n) is 6.21. The summed E-state index contributed by atoms with van der Waals surface area (Å²) in [7, 11) is 1.66. The van der Waals surface area contributed by atoms with E-state index in [0.29, 0.717) is 23.1 Å². The zero-order valence-electron chi connectivity index (χ0n) is 19.0. The maximum absolute atomic E-state index is 13.8. The zero-order valence-corrected chi connectivity index (χ0v) is 19.0. The van der Waals surface area contributed by atoms with Crippen molar-refractivity contribution in [3.63, 3.8) is 0 Å². The lowest BCUT2D eigenvalue weighted by Gasteiger charge is -2.12. The van der Waals surface area contributed by atoms with Gasteiger partial charge in [-0.2, -0.15) is 5.10 Å². The minimum Gasteiger partial charge on any atom is -0.497 e. The van der Waals surface area contributed by atoms with Crippen LogP contribution in [0, 0.1) is 0 Å². The largest absolute Gasteiger partial charge is 0.497 e. The molecule has 6 rings (SSSR count). The number of fused-ring (bicyclic) bond motifs is 3. The van der Waals surface area contributed by atoms with Crippen molar-refractivity contribution in [2.24, 2.45) is 0 Å². The fourth-order valence-corrected chi connectivity index (χ4v) is 4.48. The standard InChI is InChI=1S/C28H21N5O2/c1-35-20-11-9-18(10-12-20)14-19-15-23-26(22-7-3-2-6-21(19)22)30-17-33(28(23)34)27-24(16-31-32-27)25-8-4-5-13-29-25/h2-13,15-17H,14H2,1H3,(H,31,32). The Balaban J connectivity index is 1.54. The van der Waals surface area contributed by atoms with Gasteiger partial charge in [-0.25, -0.2) is 4.98 Å². The van der Waals surface area contributed by atoms with E-state index in [1.807, 2.05) is 66.7 Å². The molecule has 3 aromatic carbocycles. The number of ether oxygens (including phenoxy) is 1. The van der Waals surface area contributed by atoms with E-state index < -0.39 is 0 Å². The molecule has 0 unspecified atom stereocenters. The summed E-state index contributed by atoms with van der Waals surface area (Å²) >= 11 is 0. The van der Waals surface area contributed by atoms with Gasteiger partial charge in [-0.1, -0.05) is 42.5 Å². The predicted octanol–water partition coefficient (Wildman–Crippen LogP) is 4.92. The van der Waals surface area contributed by atoms with E-state index in [1.54, 1.807) is 25.8 Å². The molecule has 0 spiro atoms. The monoisotopic (exact) mass is 459 g/mol. The van der Waals surface area contributed by atoms with Crippen molar-refractivity contribution in [3.8, 4) is 22.8 Å². The van der Waals surface area contributed by atoms with E-state index in [2.05, 4.69) is 21.2 Å². The van der Waals surface area contributed by atoms with E-state index in [-0.39, 0.29) is 5.56 Å². The molecule has 0 aliphatic rings. The first kappa shape index (κ1) is 20.8. The van der Waals surface area contributed by atoms with Crippen LogP contribution in [0.3, 0.4) is 0 Å². The maximum Gasteiger partial charge on any atom is 0.267 e. The Hall–Kier alpha value is -4.78. The number of nitrogens with zero attached hydrogens (tertiary/aromatic N) is 4. The van der Waals surface area contributed by atoms with Gasteiger partial charge in [0, 0.05) is 11.6 Å². The quantitative estimate of drug-likeness (QED) is 0.370. The van der Waals surface area contributed by atoms with E-state index in [1.165, 1.54) is 4.57 Å².